The molecular weight excluding hydrogens is 330 g/mol. The van der Waals surface area contributed by atoms with Crippen molar-refractivity contribution < 1.29 is 9.53 Å². The zero-order chi connectivity index (χ0) is 18.2. The number of guanidine groups is 1. The molecule has 7 nitrogen and oxygen atoms in total. The van der Waals surface area contributed by atoms with Crippen LogP contribution in [-0.2, 0) is 17.8 Å². The van der Waals surface area contributed by atoms with Gasteiger partial charge in [0.2, 0.25) is 5.91 Å². The Balaban J connectivity index is 1.41. The number of hydrogen-bond donors (Lipinski definition) is 3. The predicted molar refractivity (Wildman–Crippen MR) is 101 cm³/mol. The first kappa shape index (κ1) is 17.7. The molecule has 0 aliphatic carbocycles. The second kappa shape index (κ2) is 8.84. The van der Waals surface area contributed by atoms with Gasteiger partial charge in [0, 0.05) is 25.4 Å². The van der Waals surface area contributed by atoms with Gasteiger partial charge in [-0.1, -0.05) is 6.07 Å². The summed E-state index contributed by atoms with van der Waals surface area (Å²) in [6.07, 6.45) is 3.04. The van der Waals surface area contributed by atoms with Gasteiger partial charge in [-0.25, -0.2) is 0 Å². The third-order valence-corrected chi connectivity index (χ3v) is 4.02. The van der Waals surface area contributed by atoms with Crippen molar-refractivity contribution in [1.82, 2.24) is 15.6 Å². The number of amides is 1. The summed E-state index contributed by atoms with van der Waals surface area (Å²) < 4.78 is 5.79. The van der Waals surface area contributed by atoms with Gasteiger partial charge in [0.15, 0.2) is 5.96 Å². The standard InChI is InChI=1S/C19H23N5O2/c1-20-19(23-13-15-4-2-3-9-21-15)22-10-11-26-16-6-7-17-14(12-16)5-8-18(25)24-17/h2-4,6-7,9,12H,5,8,10-11,13H2,1H3,(H,24,25)(H2,20,22,23). The highest BCUT2D eigenvalue weighted by Gasteiger charge is 2.14. The lowest BCUT2D eigenvalue weighted by Crippen LogP contribution is -2.39. The lowest BCUT2D eigenvalue weighted by molar-refractivity contribution is -0.116. The summed E-state index contributed by atoms with van der Waals surface area (Å²) in [7, 11) is 1.73. The number of hydrogen-bond acceptors (Lipinski definition) is 4. The summed E-state index contributed by atoms with van der Waals surface area (Å²) in [5, 5.41) is 9.29. The molecular formula is C19H23N5O2. The summed E-state index contributed by atoms with van der Waals surface area (Å²) in [6, 6.07) is 11.6. The molecule has 2 aromatic rings. The number of rotatable bonds is 6. The molecule has 3 rings (SSSR count). The Morgan fingerprint density at radius 3 is 3.00 bits per heavy atom. The number of nitrogens with one attached hydrogen (secondary N) is 3. The van der Waals surface area contributed by atoms with Crippen molar-refractivity contribution in [2.24, 2.45) is 4.99 Å². The molecule has 0 saturated heterocycles. The highest BCUT2D eigenvalue weighted by Crippen LogP contribution is 2.26. The molecule has 1 amide bonds. The van der Waals surface area contributed by atoms with Crippen molar-refractivity contribution in [1.29, 1.82) is 0 Å². The maximum absolute atomic E-state index is 11.4. The number of fused-ring (bicyclic) bond motifs is 1. The first-order valence-corrected chi connectivity index (χ1v) is 8.64. The van der Waals surface area contributed by atoms with Crippen LogP contribution >= 0.6 is 0 Å². The lowest BCUT2D eigenvalue weighted by atomic mass is 10.0. The number of carbonyl (C=O) groups excluding carboxylic acids is 1. The topological polar surface area (TPSA) is 87.6 Å². The fourth-order valence-corrected chi connectivity index (χ4v) is 2.69. The molecule has 0 radical (unpaired) electrons. The molecule has 0 atom stereocenters. The fourth-order valence-electron chi connectivity index (χ4n) is 2.69. The summed E-state index contributed by atoms with van der Waals surface area (Å²) in [5.74, 6) is 1.57. The number of aliphatic imine (C=N–C) groups is 1. The molecule has 0 spiro atoms. The first-order valence-electron chi connectivity index (χ1n) is 8.64. The minimum absolute atomic E-state index is 0.0694. The Bertz CT molecular complexity index is 777. The van der Waals surface area contributed by atoms with E-state index in [1.165, 1.54) is 0 Å². The van der Waals surface area contributed by atoms with Crippen molar-refractivity contribution in [3.05, 3.63) is 53.9 Å². The van der Waals surface area contributed by atoms with E-state index in [0.717, 1.165) is 29.1 Å². The van der Waals surface area contributed by atoms with E-state index in [9.17, 15) is 4.79 Å². The molecule has 0 bridgehead atoms. The summed E-state index contributed by atoms with van der Waals surface area (Å²) in [5.41, 5.74) is 2.95. The zero-order valence-corrected chi connectivity index (χ0v) is 14.8. The van der Waals surface area contributed by atoms with E-state index in [-0.39, 0.29) is 5.91 Å². The average Bonchev–Trinajstić information content (AvgIpc) is 2.68. The van der Waals surface area contributed by atoms with Crippen LogP contribution in [0.25, 0.3) is 0 Å². The SMILES string of the molecule is CN=C(NCCOc1ccc2c(c1)CCC(=O)N2)NCc1ccccn1. The normalized spacial score (nSPS) is 13.6. The van der Waals surface area contributed by atoms with E-state index >= 15 is 0 Å². The third kappa shape index (κ3) is 4.95. The molecule has 1 aromatic carbocycles. The molecule has 0 fully saturated rings. The van der Waals surface area contributed by atoms with Crippen molar-refractivity contribution in [2.75, 3.05) is 25.5 Å². The van der Waals surface area contributed by atoms with E-state index < -0.39 is 0 Å². The minimum Gasteiger partial charge on any atom is -0.492 e. The molecule has 2 heterocycles. The Morgan fingerprint density at radius 2 is 2.19 bits per heavy atom. The third-order valence-electron chi connectivity index (χ3n) is 4.02. The van der Waals surface area contributed by atoms with Crippen LogP contribution in [0.15, 0.2) is 47.6 Å². The maximum atomic E-state index is 11.4. The Kier molecular flexibility index (Phi) is 6.03. The number of carbonyl (C=O) groups is 1. The van der Waals surface area contributed by atoms with Crippen LogP contribution in [-0.4, -0.2) is 37.1 Å². The quantitative estimate of drug-likeness (QED) is 0.418. The van der Waals surface area contributed by atoms with E-state index in [1.807, 2.05) is 36.4 Å². The molecule has 3 N–H and O–H groups in total. The van der Waals surface area contributed by atoms with Crippen molar-refractivity contribution in [3.8, 4) is 5.75 Å². The van der Waals surface area contributed by atoms with Crippen LogP contribution in [0.2, 0.25) is 0 Å². The average molecular weight is 353 g/mol. The molecule has 26 heavy (non-hydrogen) atoms. The van der Waals surface area contributed by atoms with Crippen LogP contribution < -0.4 is 20.7 Å². The number of ether oxygens (including phenoxy) is 1. The van der Waals surface area contributed by atoms with Crippen molar-refractivity contribution in [2.45, 2.75) is 19.4 Å². The van der Waals surface area contributed by atoms with Crippen LogP contribution in [0.1, 0.15) is 17.7 Å². The largest absolute Gasteiger partial charge is 0.492 e. The summed E-state index contributed by atoms with van der Waals surface area (Å²) in [4.78, 5) is 19.8. The monoisotopic (exact) mass is 353 g/mol. The second-order valence-corrected chi connectivity index (χ2v) is 5.89. The lowest BCUT2D eigenvalue weighted by Gasteiger charge is -2.18. The molecule has 1 aromatic heterocycles. The molecule has 1 aliphatic heterocycles. The van der Waals surface area contributed by atoms with Crippen LogP contribution in [0.3, 0.4) is 0 Å². The number of aryl methyl sites for hydroxylation is 1. The Hall–Kier alpha value is -3.09. The van der Waals surface area contributed by atoms with Gasteiger partial charge in [-0.2, -0.15) is 0 Å². The van der Waals surface area contributed by atoms with Crippen LogP contribution in [0.4, 0.5) is 5.69 Å². The van der Waals surface area contributed by atoms with E-state index in [1.54, 1.807) is 13.2 Å². The van der Waals surface area contributed by atoms with Gasteiger partial charge in [0.1, 0.15) is 12.4 Å². The van der Waals surface area contributed by atoms with Crippen LogP contribution in [0.5, 0.6) is 5.75 Å². The fraction of sp³-hybridized carbons (Fsp3) is 0.316. The Morgan fingerprint density at radius 1 is 1.27 bits per heavy atom. The summed E-state index contributed by atoms with van der Waals surface area (Å²) in [6.45, 7) is 1.74. The highest BCUT2D eigenvalue weighted by atomic mass is 16.5. The van der Waals surface area contributed by atoms with Gasteiger partial charge in [-0.3, -0.25) is 14.8 Å². The van der Waals surface area contributed by atoms with E-state index in [0.29, 0.717) is 32.1 Å². The minimum atomic E-state index is 0.0694. The number of aromatic nitrogens is 1. The van der Waals surface area contributed by atoms with Gasteiger partial charge < -0.3 is 20.7 Å². The first-order chi connectivity index (χ1) is 12.7. The van der Waals surface area contributed by atoms with Crippen molar-refractivity contribution in [3.63, 3.8) is 0 Å². The maximum Gasteiger partial charge on any atom is 0.224 e. The number of nitrogens with zero attached hydrogens (tertiary/aromatic N) is 2. The highest BCUT2D eigenvalue weighted by molar-refractivity contribution is 5.94. The van der Waals surface area contributed by atoms with Gasteiger partial charge >= 0.3 is 0 Å². The summed E-state index contributed by atoms with van der Waals surface area (Å²) >= 11 is 0. The zero-order valence-electron chi connectivity index (χ0n) is 14.8. The van der Waals surface area contributed by atoms with Gasteiger partial charge in [-0.15, -0.1) is 0 Å². The van der Waals surface area contributed by atoms with E-state index in [4.69, 9.17) is 4.74 Å². The van der Waals surface area contributed by atoms with Crippen LogP contribution in [0, 0.1) is 0 Å². The molecule has 1 aliphatic rings. The van der Waals surface area contributed by atoms with Gasteiger partial charge in [-0.05, 0) is 42.3 Å². The Labute approximate surface area is 152 Å². The smallest absolute Gasteiger partial charge is 0.224 e. The van der Waals surface area contributed by atoms with Crippen molar-refractivity contribution >= 4 is 17.6 Å². The molecule has 136 valence electrons. The van der Waals surface area contributed by atoms with E-state index in [2.05, 4.69) is 25.9 Å². The number of pyridine rings is 1. The number of benzene rings is 1. The van der Waals surface area contributed by atoms with Gasteiger partial charge in [0.05, 0.1) is 18.8 Å². The molecule has 0 saturated carbocycles. The predicted octanol–water partition coefficient (Wildman–Crippen LogP) is 1.71. The molecule has 0 unspecified atom stereocenters. The number of anilines is 1. The molecule has 7 heteroatoms. The van der Waals surface area contributed by atoms with Gasteiger partial charge in [0.25, 0.3) is 0 Å². The second-order valence-electron chi connectivity index (χ2n) is 5.89.